The summed E-state index contributed by atoms with van der Waals surface area (Å²) < 4.78 is 6.09. The van der Waals surface area contributed by atoms with Crippen molar-refractivity contribution in [3.63, 3.8) is 0 Å². The Kier molecular flexibility index (Phi) is 5.95. The van der Waals surface area contributed by atoms with Gasteiger partial charge in [-0.1, -0.05) is 76.4 Å². The number of hydrogen-bond acceptors (Lipinski definition) is 1. The van der Waals surface area contributed by atoms with E-state index in [1.165, 1.54) is 0 Å². The highest BCUT2D eigenvalue weighted by Crippen LogP contribution is 2.42. The molecule has 170 valence electrons. The molecule has 0 saturated carbocycles. The van der Waals surface area contributed by atoms with Crippen LogP contribution >= 0.6 is 0 Å². The Morgan fingerprint density at radius 1 is 0.366 bits per heavy atom. The minimum Gasteiger partial charge on any atom is -0.456 e. The molecule has 1 aromatic heterocycles. The Labute approximate surface area is 248 Å². The van der Waals surface area contributed by atoms with E-state index in [9.17, 15) is 0 Å². The molecule has 6 aromatic carbocycles. The molecule has 0 saturated heterocycles. The van der Waals surface area contributed by atoms with E-state index < -0.39 is 0 Å². The average Bonchev–Trinajstić information content (AvgIpc) is 3.37. The van der Waals surface area contributed by atoms with Crippen molar-refractivity contribution in [1.29, 1.82) is 0 Å². The van der Waals surface area contributed by atoms with Crippen molar-refractivity contribution in [2.45, 2.75) is 0 Å². The fourth-order valence-corrected chi connectivity index (χ4v) is 6.01. The Morgan fingerprint density at radius 3 is 1.34 bits per heavy atom. The third-order valence-corrected chi connectivity index (χ3v) is 8.05. The van der Waals surface area contributed by atoms with E-state index in [0.29, 0.717) is 32.7 Å². The minimum atomic E-state index is 0.180. The van der Waals surface area contributed by atoms with Crippen molar-refractivity contribution in [1.82, 2.24) is 0 Å². The molecule has 0 aliphatic carbocycles. The predicted molar refractivity (Wildman–Crippen MR) is 183 cm³/mol. The zero-order chi connectivity index (χ0) is 28.7. The van der Waals surface area contributed by atoms with E-state index >= 15 is 0 Å². The topological polar surface area (TPSA) is 13.1 Å². The molecule has 7 rings (SSSR count). The van der Waals surface area contributed by atoms with Crippen LogP contribution in [-0.4, -0.2) is 62.8 Å². The van der Waals surface area contributed by atoms with Gasteiger partial charge in [-0.25, -0.2) is 0 Å². The summed E-state index contributed by atoms with van der Waals surface area (Å²) in [6.07, 6.45) is 0. The molecule has 0 bridgehead atoms. The molecule has 1 nitrogen and oxygen atoms in total. The van der Waals surface area contributed by atoms with Crippen LogP contribution in [0.5, 0.6) is 0 Å². The number of rotatable bonds is 2. The molecule has 0 amide bonds. The lowest BCUT2D eigenvalue weighted by Gasteiger charge is -2.28. The van der Waals surface area contributed by atoms with E-state index in [0.717, 1.165) is 33.1 Å². The first-order valence-corrected chi connectivity index (χ1v) is 12.9. The van der Waals surface area contributed by atoms with E-state index in [2.05, 4.69) is 0 Å². The maximum atomic E-state index is 6.80. The molecule has 7 aromatic rings. The van der Waals surface area contributed by atoms with Gasteiger partial charge in [0.1, 0.15) is 73.9 Å². The van der Waals surface area contributed by atoms with Crippen LogP contribution in [0, 0.1) is 0 Å². The summed E-state index contributed by atoms with van der Waals surface area (Å²) in [6, 6.07) is 23.4. The summed E-state index contributed by atoms with van der Waals surface area (Å²) in [7, 11) is 52.9. The number of benzene rings is 6. The molecular formula is C32H12B8O. The molecule has 1 heterocycles. The lowest BCUT2D eigenvalue weighted by atomic mass is 9.59. The summed E-state index contributed by atoms with van der Waals surface area (Å²) in [6.45, 7) is 0. The van der Waals surface area contributed by atoms with Crippen LogP contribution in [0.25, 0.3) is 65.7 Å². The van der Waals surface area contributed by atoms with Crippen molar-refractivity contribution in [2.75, 3.05) is 0 Å². The Bertz CT molecular complexity index is 2160. The van der Waals surface area contributed by atoms with Gasteiger partial charge in [-0.05, 0) is 62.0 Å². The second kappa shape index (κ2) is 9.35. The van der Waals surface area contributed by atoms with Crippen LogP contribution in [0.15, 0.2) is 77.2 Å². The van der Waals surface area contributed by atoms with Gasteiger partial charge in [-0.15, -0.1) is 21.9 Å². The third-order valence-electron chi connectivity index (χ3n) is 8.05. The zero-order valence-electron chi connectivity index (χ0n) is 22.0. The van der Waals surface area contributed by atoms with Crippen molar-refractivity contribution in [3.8, 4) is 22.3 Å². The summed E-state index contributed by atoms with van der Waals surface area (Å²) >= 11 is 0. The molecule has 0 unspecified atom stereocenters. The maximum absolute atomic E-state index is 6.80. The standard InChI is InChI=1S/C32H12B8O/c33-25-21-19(13-6-2-1-3-7-13)22-24(28(36)32(40)30(38)26(22)34)20(23(21)27(35)31(39)29(25)37)14-10-11-18-16(12-14)15-8-4-5-9-17(15)41-18/h1-12H. The second-order valence-electron chi connectivity index (χ2n) is 10.2. The molecule has 0 spiro atoms. The van der Waals surface area contributed by atoms with Crippen LogP contribution in [0.3, 0.4) is 0 Å². The van der Waals surface area contributed by atoms with E-state index in [1.807, 2.05) is 72.8 Å². The summed E-state index contributed by atoms with van der Waals surface area (Å²) in [5, 5.41) is 4.24. The fraction of sp³-hybridized carbons (Fsp3) is 0. The molecular weight excluding hydrogens is 487 g/mol. The van der Waals surface area contributed by atoms with Gasteiger partial charge in [-0.3, -0.25) is 0 Å². The minimum absolute atomic E-state index is 0.180. The Hall–Kier alpha value is -3.84. The normalized spacial score (nSPS) is 11.7. The molecule has 0 fully saturated rings. The summed E-state index contributed by atoms with van der Waals surface area (Å²) in [5.74, 6) is 0. The Balaban J connectivity index is 1.81. The van der Waals surface area contributed by atoms with E-state index in [-0.39, 0.29) is 43.7 Å². The number of furan rings is 1. The van der Waals surface area contributed by atoms with Gasteiger partial charge in [0.2, 0.25) is 0 Å². The molecule has 9 heteroatoms. The highest BCUT2D eigenvalue weighted by atomic mass is 16.3. The van der Waals surface area contributed by atoms with Gasteiger partial charge in [-0.2, -0.15) is 0 Å². The number of fused-ring (bicyclic) bond motifs is 5. The lowest BCUT2D eigenvalue weighted by molar-refractivity contribution is 0.669. The van der Waals surface area contributed by atoms with Crippen molar-refractivity contribution in [2.24, 2.45) is 0 Å². The molecule has 0 aliphatic rings. The van der Waals surface area contributed by atoms with Crippen LogP contribution < -0.4 is 43.7 Å². The summed E-state index contributed by atoms with van der Waals surface area (Å²) in [4.78, 5) is 0. The molecule has 16 radical (unpaired) electrons. The first-order valence-electron chi connectivity index (χ1n) is 12.9. The smallest absolute Gasteiger partial charge is 0.135 e. The summed E-state index contributed by atoms with van der Waals surface area (Å²) in [5.41, 5.74) is 6.26. The number of para-hydroxylation sites is 1. The van der Waals surface area contributed by atoms with Crippen LogP contribution in [0.2, 0.25) is 0 Å². The molecule has 41 heavy (non-hydrogen) atoms. The average molecular weight is 499 g/mol. The predicted octanol–water partition coefficient (Wildman–Crippen LogP) is -0.423. The number of hydrogen-bond donors (Lipinski definition) is 0. The molecule has 0 aliphatic heterocycles. The lowest BCUT2D eigenvalue weighted by Crippen LogP contribution is -2.50. The van der Waals surface area contributed by atoms with Crippen LogP contribution in [-0.2, 0) is 0 Å². The van der Waals surface area contributed by atoms with Gasteiger partial charge < -0.3 is 4.42 Å². The van der Waals surface area contributed by atoms with E-state index in [4.69, 9.17) is 67.2 Å². The van der Waals surface area contributed by atoms with Gasteiger partial charge in [0.25, 0.3) is 0 Å². The van der Waals surface area contributed by atoms with Gasteiger partial charge >= 0.3 is 0 Å². The van der Waals surface area contributed by atoms with Crippen LogP contribution in [0.1, 0.15) is 0 Å². The first kappa shape index (κ1) is 26.1. The molecule has 0 atom stereocenters. The quantitative estimate of drug-likeness (QED) is 0.233. The maximum Gasteiger partial charge on any atom is 0.135 e. The monoisotopic (exact) mass is 500 g/mol. The van der Waals surface area contributed by atoms with Gasteiger partial charge in [0.15, 0.2) is 0 Å². The SMILES string of the molecule is [B]c1c([B])c([B])c2c(-c3ccc4oc5ccccc5c4c3)c3c([B])c([B])c([B])c([B])c3c(-c3ccccc3)c2c1[B]. The third kappa shape index (κ3) is 3.61. The zero-order valence-corrected chi connectivity index (χ0v) is 22.0. The van der Waals surface area contributed by atoms with Gasteiger partial charge in [0, 0.05) is 10.8 Å². The van der Waals surface area contributed by atoms with Crippen LogP contribution in [0.4, 0.5) is 0 Å². The highest BCUT2D eigenvalue weighted by molar-refractivity contribution is 6.71. The largest absolute Gasteiger partial charge is 0.456 e. The van der Waals surface area contributed by atoms with Crippen molar-refractivity contribution >= 4 is 150 Å². The second-order valence-corrected chi connectivity index (χ2v) is 10.2. The van der Waals surface area contributed by atoms with Crippen molar-refractivity contribution in [3.05, 3.63) is 72.8 Å². The highest BCUT2D eigenvalue weighted by Gasteiger charge is 2.24. The van der Waals surface area contributed by atoms with Gasteiger partial charge in [0.05, 0.1) is 0 Å². The fourth-order valence-electron chi connectivity index (χ4n) is 6.01. The molecule has 0 N–H and O–H groups in total. The van der Waals surface area contributed by atoms with E-state index in [1.54, 1.807) is 0 Å². The van der Waals surface area contributed by atoms with Crippen molar-refractivity contribution < 1.29 is 4.42 Å². The Morgan fingerprint density at radius 2 is 0.805 bits per heavy atom. The first-order chi connectivity index (χ1) is 19.7.